The molecule has 0 saturated carbocycles. The second-order valence-corrected chi connectivity index (χ2v) is 3.81. The SMILES string of the molecule is C=CC1CCC/C(=C\c2ccccc2)O1. The van der Waals surface area contributed by atoms with Crippen LogP contribution in [-0.4, -0.2) is 6.10 Å². The molecule has 1 atom stereocenters. The quantitative estimate of drug-likeness (QED) is 0.660. The van der Waals surface area contributed by atoms with Crippen molar-refractivity contribution in [3.05, 3.63) is 54.3 Å². The summed E-state index contributed by atoms with van der Waals surface area (Å²) in [6.45, 7) is 3.77. The zero-order chi connectivity index (χ0) is 10.5. The molecule has 78 valence electrons. The van der Waals surface area contributed by atoms with Gasteiger partial charge in [0.2, 0.25) is 0 Å². The van der Waals surface area contributed by atoms with E-state index in [4.69, 9.17) is 4.74 Å². The van der Waals surface area contributed by atoms with E-state index in [1.165, 1.54) is 12.0 Å². The minimum atomic E-state index is 0.203. The van der Waals surface area contributed by atoms with Gasteiger partial charge in [0.1, 0.15) is 6.10 Å². The fourth-order valence-electron chi connectivity index (χ4n) is 1.80. The van der Waals surface area contributed by atoms with E-state index in [-0.39, 0.29) is 6.10 Å². The molecule has 1 unspecified atom stereocenters. The molecule has 1 aliphatic rings. The molecule has 0 bridgehead atoms. The van der Waals surface area contributed by atoms with E-state index in [2.05, 4.69) is 24.8 Å². The van der Waals surface area contributed by atoms with E-state index < -0.39 is 0 Å². The predicted octanol–water partition coefficient (Wildman–Crippen LogP) is 3.78. The van der Waals surface area contributed by atoms with Gasteiger partial charge in [-0.1, -0.05) is 43.0 Å². The number of benzene rings is 1. The van der Waals surface area contributed by atoms with Crippen LogP contribution < -0.4 is 0 Å². The van der Waals surface area contributed by atoms with Crippen LogP contribution in [0.3, 0.4) is 0 Å². The van der Waals surface area contributed by atoms with Gasteiger partial charge in [0.15, 0.2) is 0 Å². The molecule has 1 heteroatoms. The monoisotopic (exact) mass is 200 g/mol. The maximum atomic E-state index is 5.78. The Bertz CT molecular complexity index is 351. The van der Waals surface area contributed by atoms with Crippen molar-refractivity contribution in [2.45, 2.75) is 25.4 Å². The number of rotatable bonds is 2. The minimum absolute atomic E-state index is 0.203. The summed E-state index contributed by atoms with van der Waals surface area (Å²) in [7, 11) is 0. The summed E-state index contributed by atoms with van der Waals surface area (Å²) in [4.78, 5) is 0. The third kappa shape index (κ3) is 2.72. The summed E-state index contributed by atoms with van der Waals surface area (Å²) in [5.74, 6) is 1.08. The molecule has 0 aromatic heterocycles. The maximum absolute atomic E-state index is 5.78. The molecule has 15 heavy (non-hydrogen) atoms. The molecule has 0 N–H and O–H groups in total. The van der Waals surface area contributed by atoms with Gasteiger partial charge in [-0.15, -0.1) is 0 Å². The maximum Gasteiger partial charge on any atom is 0.116 e. The molecule has 1 saturated heterocycles. The molecule has 1 heterocycles. The number of ether oxygens (including phenoxy) is 1. The van der Waals surface area contributed by atoms with Crippen molar-refractivity contribution < 1.29 is 4.74 Å². The third-order valence-corrected chi connectivity index (χ3v) is 2.60. The molecule has 1 aromatic rings. The summed E-state index contributed by atoms with van der Waals surface area (Å²) in [6, 6.07) is 10.3. The van der Waals surface area contributed by atoms with Gasteiger partial charge < -0.3 is 4.74 Å². The molecule has 1 aromatic carbocycles. The van der Waals surface area contributed by atoms with Crippen molar-refractivity contribution in [2.75, 3.05) is 0 Å². The Morgan fingerprint density at radius 1 is 1.27 bits per heavy atom. The Balaban J connectivity index is 2.10. The first kappa shape index (κ1) is 10.0. The molecule has 1 fully saturated rings. The lowest BCUT2D eigenvalue weighted by Crippen LogP contribution is -2.14. The average molecular weight is 200 g/mol. The van der Waals surface area contributed by atoms with Crippen LogP contribution in [0.4, 0.5) is 0 Å². The highest BCUT2D eigenvalue weighted by Gasteiger charge is 2.14. The fraction of sp³-hybridized carbons (Fsp3) is 0.286. The number of hydrogen-bond donors (Lipinski definition) is 0. The van der Waals surface area contributed by atoms with Crippen molar-refractivity contribution in [3.8, 4) is 0 Å². The van der Waals surface area contributed by atoms with Crippen molar-refractivity contribution in [1.29, 1.82) is 0 Å². The van der Waals surface area contributed by atoms with E-state index in [1.807, 2.05) is 24.3 Å². The van der Waals surface area contributed by atoms with Gasteiger partial charge in [0.25, 0.3) is 0 Å². The van der Waals surface area contributed by atoms with Crippen LogP contribution in [0.5, 0.6) is 0 Å². The number of allylic oxidation sites excluding steroid dienone is 1. The standard InChI is InChI=1S/C14H16O/c1-2-13-9-6-10-14(15-13)11-12-7-4-3-5-8-12/h2-5,7-8,11,13H,1,6,9-10H2/b14-11+. The molecular weight excluding hydrogens is 184 g/mol. The normalized spacial score (nSPS) is 23.5. The third-order valence-electron chi connectivity index (χ3n) is 2.60. The van der Waals surface area contributed by atoms with Crippen LogP contribution >= 0.6 is 0 Å². The zero-order valence-corrected chi connectivity index (χ0v) is 8.86. The Morgan fingerprint density at radius 3 is 2.80 bits per heavy atom. The predicted molar refractivity (Wildman–Crippen MR) is 63.3 cm³/mol. The van der Waals surface area contributed by atoms with E-state index in [0.29, 0.717) is 0 Å². The lowest BCUT2D eigenvalue weighted by atomic mass is 10.1. The van der Waals surface area contributed by atoms with Crippen molar-refractivity contribution in [3.63, 3.8) is 0 Å². The Hall–Kier alpha value is -1.50. The van der Waals surface area contributed by atoms with Crippen LogP contribution in [0.25, 0.3) is 6.08 Å². The van der Waals surface area contributed by atoms with Gasteiger partial charge in [-0.3, -0.25) is 0 Å². The molecule has 2 rings (SSSR count). The lowest BCUT2D eigenvalue weighted by molar-refractivity contribution is 0.112. The van der Waals surface area contributed by atoms with Crippen LogP contribution in [0, 0.1) is 0 Å². The molecule has 0 aliphatic carbocycles. The highest BCUT2D eigenvalue weighted by Crippen LogP contribution is 2.24. The van der Waals surface area contributed by atoms with Crippen LogP contribution in [0.1, 0.15) is 24.8 Å². The van der Waals surface area contributed by atoms with Gasteiger partial charge in [0.05, 0.1) is 5.76 Å². The highest BCUT2D eigenvalue weighted by molar-refractivity contribution is 5.51. The minimum Gasteiger partial charge on any atom is -0.491 e. The first-order chi connectivity index (χ1) is 7.38. The largest absolute Gasteiger partial charge is 0.491 e. The molecule has 1 aliphatic heterocycles. The molecule has 1 nitrogen and oxygen atoms in total. The second-order valence-electron chi connectivity index (χ2n) is 3.81. The van der Waals surface area contributed by atoms with Gasteiger partial charge in [-0.2, -0.15) is 0 Å². The molecular formula is C14H16O. The van der Waals surface area contributed by atoms with Crippen LogP contribution in [0.2, 0.25) is 0 Å². The summed E-state index contributed by atoms with van der Waals surface area (Å²) in [5, 5.41) is 0. The Kier molecular flexibility index (Phi) is 3.23. The second kappa shape index (κ2) is 4.83. The molecule has 0 spiro atoms. The highest BCUT2D eigenvalue weighted by atomic mass is 16.5. The van der Waals surface area contributed by atoms with Gasteiger partial charge in [0, 0.05) is 6.42 Å². The van der Waals surface area contributed by atoms with E-state index in [0.717, 1.165) is 18.6 Å². The van der Waals surface area contributed by atoms with Crippen molar-refractivity contribution >= 4 is 6.08 Å². The summed E-state index contributed by atoms with van der Waals surface area (Å²) in [5.41, 5.74) is 1.21. The average Bonchev–Trinajstić information content (AvgIpc) is 2.31. The van der Waals surface area contributed by atoms with Crippen molar-refractivity contribution in [1.82, 2.24) is 0 Å². The van der Waals surface area contributed by atoms with Crippen LogP contribution in [0.15, 0.2) is 48.7 Å². The first-order valence-corrected chi connectivity index (χ1v) is 5.43. The lowest BCUT2D eigenvalue weighted by Gasteiger charge is -2.23. The van der Waals surface area contributed by atoms with Gasteiger partial charge in [-0.05, 0) is 24.5 Å². The topological polar surface area (TPSA) is 9.23 Å². The van der Waals surface area contributed by atoms with E-state index >= 15 is 0 Å². The van der Waals surface area contributed by atoms with E-state index in [9.17, 15) is 0 Å². The van der Waals surface area contributed by atoms with Gasteiger partial charge in [-0.25, -0.2) is 0 Å². The Morgan fingerprint density at radius 2 is 2.07 bits per heavy atom. The fourth-order valence-corrected chi connectivity index (χ4v) is 1.80. The summed E-state index contributed by atoms with van der Waals surface area (Å²) >= 11 is 0. The van der Waals surface area contributed by atoms with Crippen molar-refractivity contribution in [2.24, 2.45) is 0 Å². The van der Waals surface area contributed by atoms with Crippen LogP contribution in [-0.2, 0) is 4.74 Å². The first-order valence-electron chi connectivity index (χ1n) is 5.43. The summed E-state index contributed by atoms with van der Waals surface area (Å²) in [6.07, 6.45) is 7.53. The molecule has 0 radical (unpaired) electrons. The molecule has 0 amide bonds. The van der Waals surface area contributed by atoms with Gasteiger partial charge >= 0.3 is 0 Å². The summed E-state index contributed by atoms with van der Waals surface area (Å²) < 4.78 is 5.78. The Labute approximate surface area is 91.1 Å². The number of hydrogen-bond acceptors (Lipinski definition) is 1. The smallest absolute Gasteiger partial charge is 0.116 e. The zero-order valence-electron chi connectivity index (χ0n) is 8.86. The van der Waals surface area contributed by atoms with E-state index in [1.54, 1.807) is 0 Å².